The number of amides is 2. The Balaban J connectivity index is 2.13. The lowest BCUT2D eigenvalue weighted by atomic mass is 10.0. The van der Waals surface area contributed by atoms with Crippen LogP contribution >= 0.6 is 0 Å². The molecule has 2 aromatic rings. The van der Waals surface area contributed by atoms with Crippen molar-refractivity contribution in [1.29, 1.82) is 0 Å². The second-order valence-electron chi connectivity index (χ2n) is 7.66. The smallest absolute Gasteiger partial charge is 0.278 e. The molecule has 0 saturated heterocycles. The Morgan fingerprint density at radius 3 is 1.97 bits per heavy atom. The van der Waals surface area contributed by atoms with E-state index in [9.17, 15) is 9.59 Å². The third kappa shape index (κ3) is 4.49. The molecule has 1 aliphatic heterocycles. The van der Waals surface area contributed by atoms with Crippen LogP contribution in [-0.2, 0) is 9.59 Å². The lowest BCUT2D eigenvalue weighted by molar-refractivity contribution is -0.137. The SMILES string of the molecule is COc1cc(NC2=C(c3ccc(OC)c(OC)c3)C(=O)N(CC(C)C)C2=O)cc(OC)c1. The van der Waals surface area contributed by atoms with Crippen LogP contribution < -0.4 is 24.3 Å². The van der Waals surface area contributed by atoms with E-state index in [1.165, 1.54) is 19.1 Å². The number of hydrogen-bond donors (Lipinski definition) is 1. The van der Waals surface area contributed by atoms with E-state index in [4.69, 9.17) is 18.9 Å². The summed E-state index contributed by atoms with van der Waals surface area (Å²) in [7, 11) is 6.14. The molecule has 2 aromatic carbocycles. The molecule has 0 saturated carbocycles. The molecule has 0 bridgehead atoms. The van der Waals surface area contributed by atoms with E-state index in [0.717, 1.165) is 0 Å². The van der Waals surface area contributed by atoms with Crippen molar-refractivity contribution in [3.8, 4) is 23.0 Å². The molecular formula is C24H28N2O6. The molecule has 0 atom stereocenters. The van der Waals surface area contributed by atoms with Crippen molar-refractivity contribution < 1.29 is 28.5 Å². The van der Waals surface area contributed by atoms with Gasteiger partial charge in [-0.1, -0.05) is 19.9 Å². The molecule has 1 aliphatic rings. The van der Waals surface area contributed by atoms with Crippen LogP contribution in [-0.4, -0.2) is 51.7 Å². The van der Waals surface area contributed by atoms with E-state index < -0.39 is 5.91 Å². The first-order valence-electron chi connectivity index (χ1n) is 10.2. The highest BCUT2D eigenvalue weighted by Gasteiger charge is 2.39. The molecule has 0 radical (unpaired) electrons. The number of anilines is 1. The Bertz CT molecular complexity index is 1040. The van der Waals surface area contributed by atoms with Gasteiger partial charge in [-0.25, -0.2) is 0 Å². The van der Waals surface area contributed by atoms with E-state index in [1.807, 2.05) is 13.8 Å². The molecule has 0 aliphatic carbocycles. The van der Waals surface area contributed by atoms with E-state index in [0.29, 0.717) is 40.8 Å². The fraction of sp³-hybridized carbons (Fsp3) is 0.333. The number of carbonyl (C=O) groups is 2. The van der Waals surface area contributed by atoms with Crippen LogP contribution in [0.4, 0.5) is 5.69 Å². The second kappa shape index (κ2) is 9.64. The predicted molar refractivity (Wildman–Crippen MR) is 121 cm³/mol. The van der Waals surface area contributed by atoms with Crippen LogP contribution in [0.1, 0.15) is 19.4 Å². The average molecular weight is 440 g/mol. The molecule has 1 N–H and O–H groups in total. The zero-order valence-corrected chi connectivity index (χ0v) is 19.1. The van der Waals surface area contributed by atoms with E-state index in [2.05, 4.69) is 5.32 Å². The first-order valence-corrected chi connectivity index (χ1v) is 10.2. The summed E-state index contributed by atoms with van der Waals surface area (Å²) < 4.78 is 21.3. The van der Waals surface area contributed by atoms with Crippen LogP contribution in [0.15, 0.2) is 42.1 Å². The Labute approximate surface area is 187 Å². The normalized spacial score (nSPS) is 13.7. The van der Waals surface area contributed by atoms with Crippen LogP contribution in [0.2, 0.25) is 0 Å². The van der Waals surface area contributed by atoms with Crippen molar-refractivity contribution in [2.24, 2.45) is 5.92 Å². The maximum Gasteiger partial charge on any atom is 0.278 e. The number of benzene rings is 2. The summed E-state index contributed by atoms with van der Waals surface area (Å²) in [6, 6.07) is 10.3. The summed E-state index contributed by atoms with van der Waals surface area (Å²) in [6.45, 7) is 4.21. The number of hydrogen-bond acceptors (Lipinski definition) is 7. The first kappa shape index (κ1) is 23.0. The zero-order valence-electron chi connectivity index (χ0n) is 19.1. The third-order valence-electron chi connectivity index (χ3n) is 5.01. The maximum absolute atomic E-state index is 13.3. The quantitative estimate of drug-likeness (QED) is 0.597. The summed E-state index contributed by atoms with van der Waals surface area (Å²) in [5, 5.41) is 3.12. The number of rotatable bonds is 9. The highest BCUT2D eigenvalue weighted by atomic mass is 16.5. The highest BCUT2D eigenvalue weighted by molar-refractivity contribution is 6.36. The highest BCUT2D eigenvalue weighted by Crippen LogP contribution is 2.36. The minimum atomic E-state index is -0.393. The zero-order chi connectivity index (χ0) is 23.4. The van der Waals surface area contributed by atoms with Gasteiger partial charge in [-0.15, -0.1) is 0 Å². The fourth-order valence-corrected chi connectivity index (χ4v) is 3.51. The molecule has 8 heteroatoms. The van der Waals surface area contributed by atoms with Gasteiger partial charge in [0.2, 0.25) is 0 Å². The monoisotopic (exact) mass is 440 g/mol. The van der Waals surface area contributed by atoms with Gasteiger partial charge < -0.3 is 24.3 Å². The minimum Gasteiger partial charge on any atom is -0.497 e. The molecular weight excluding hydrogens is 412 g/mol. The van der Waals surface area contributed by atoms with Crippen molar-refractivity contribution in [2.45, 2.75) is 13.8 Å². The van der Waals surface area contributed by atoms with Gasteiger partial charge in [0.25, 0.3) is 11.8 Å². The van der Waals surface area contributed by atoms with E-state index >= 15 is 0 Å². The van der Waals surface area contributed by atoms with Crippen molar-refractivity contribution in [3.63, 3.8) is 0 Å². The van der Waals surface area contributed by atoms with Gasteiger partial charge in [-0.05, 0) is 23.6 Å². The van der Waals surface area contributed by atoms with Crippen molar-refractivity contribution in [1.82, 2.24) is 4.90 Å². The largest absolute Gasteiger partial charge is 0.497 e. The topological polar surface area (TPSA) is 86.3 Å². The number of carbonyl (C=O) groups excluding carboxylic acids is 2. The third-order valence-corrected chi connectivity index (χ3v) is 5.01. The van der Waals surface area contributed by atoms with Gasteiger partial charge in [-0.3, -0.25) is 14.5 Å². The van der Waals surface area contributed by atoms with Gasteiger partial charge in [0, 0.05) is 30.4 Å². The van der Waals surface area contributed by atoms with Crippen LogP contribution in [0.25, 0.3) is 5.57 Å². The molecule has 0 aromatic heterocycles. The molecule has 0 fully saturated rings. The number of imide groups is 1. The standard InChI is InChI=1S/C24H28N2O6/c1-14(2)13-26-23(27)21(15-7-8-19(31-5)20(9-15)32-6)22(24(26)28)25-16-10-17(29-3)12-18(11-16)30-4/h7-12,14,25H,13H2,1-6H3. The Morgan fingerprint density at radius 2 is 1.44 bits per heavy atom. The maximum atomic E-state index is 13.3. The number of ether oxygens (including phenoxy) is 4. The molecule has 32 heavy (non-hydrogen) atoms. The summed E-state index contributed by atoms with van der Waals surface area (Å²) in [4.78, 5) is 27.9. The van der Waals surface area contributed by atoms with Gasteiger partial charge in [-0.2, -0.15) is 0 Å². The molecule has 0 spiro atoms. The van der Waals surface area contributed by atoms with Gasteiger partial charge in [0.15, 0.2) is 11.5 Å². The molecule has 0 unspecified atom stereocenters. The average Bonchev–Trinajstić information content (AvgIpc) is 3.01. The molecule has 3 rings (SSSR count). The van der Waals surface area contributed by atoms with Crippen LogP contribution in [0.3, 0.4) is 0 Å². The number of nitrogens with zero attached hydrogens (tertiary/aromatic N) is 1. The number of methoxy groups -OCH3 is 4. The Kier molecular flexibility index (Phi) is 6.92. The molecule has 170 valence electrons. The fourth-order valence-electron chi connectivity index (χ4n) is 3.51. The Morgan fingerprint density at radius 1 is 0.812 bits per heavy atom. The summed E-state index contributed by atoms with van der Waals surface area (Å²) >= 11 is 0. The van der Waals surface area contributed by atoms with Crippen molar-refractivity contribution >= 4 is 23.1 Å². The summed E-state index contributed by atoms with van der Waals surface area (Å²) in [5.74, 6) is 1.45. The lowest BCUT2D eigenvalue weighted by Crippen LogP contribution is -2.35. The Hall–Kier alpha value is -3.68. The van der Waals surface area contributed by atoms with Gasteiger partial charge >= 0.3 is 0 Å². The van der Waals surface area contributed by atoms with E-state index in [1.54, 1.807) is 50.6 Å². The number of nitrogens with one attached hydrogen (secondary N) is 1. The molecule has 8 nitrogen and oxygen atoms in total. The lowest BCUT2D eigenvalue weighted by Gasteiger charge is -2.17. The molecule has 2 amide bonds. The minimum absolute atomic E-state index is 0.116. The second-order valence-corrected chi connectivity index (χ2v) is 7.66. The molecule has 1 heterocycles. The van der Waals surface area contributed by atoms with E-state index in [-0.39, 0.29) is 23.1 Å². The van der Waals surface area contributed by atoms with Crippen LogP contribution in [0, 0.1) is 5.92 Å². The van der Waals surface area contributed by atoms with Crippen LogP contribution in [0.5, 0.6) is 23.0 Å². The summed E-state index contributed by atoms with van der Waals surface area (Å²) in [5.41, 5.74) is 1.54. The van der Waals surface area contributed by atoms with Crippen molar-refractivity contribution in [3.05, 3.63) is 47.7 Å². The van der Waals surface area contributed by atoms with Crippen molar-refractivity contribution in [2.75, 3.05) is 40.3 Å². The van der Waals surface area contributed by atoms with Gasteiger partial charge in [0.05, 0.1) is 34.0 Å². The predicted octanol–water partition coefficient (Wildman–Crippen LogP) is 3.57. The first-order chi connectivity index (χ1) is 15.3. The van der Waals surface area contributed by atoms with Gasteiger partial charge in [0.1, 0.15) is 17.2 Å². The summed E-state index contributed by atoms with van der Waals surface area (Å²) in [6.07, 6.45) is 0.